The van der Waals surface area contributed by atoms with Crippen LogP contribution in [0.1, 0.15) is 27.6 Å². The number of hydrogen-bond donors (Lipinski definition) is 1. The second-order valence-corrected chi connectivity index (χ2v) is 7.07. The molecule has 1 fully saturated rings. The molecule has 0 amide bonds. The van der Waals surface area contributed by atoms with Gasteiger partial charge in [-0.1, -0.05) is 36.4 Å². The maximum absolute atomic E-state index is 12.7. The van der Waals surface area contributed by atoms with E-state index in [1.165, 1.54) is 19.2 Å². The zero-order valence-corrected chi connectivity index (χ0v) is 17.6. The Morgan fingerprint density at radius 1 is 0.812 bits per heavy atom. The van der Waals surface area contributed by atoms with Gasteiger partial charge in [0.05, 0.1) is 17.7 Å². The lowest BCUT2D eigenvalue weighted by molar-refractivity contribution is -0.289. The van der Waals surface area contributed by atoms with Gasteiger partial charge in [0.15, 0.2) is 24.6 Å². The lowest BCUT2D eigenvalue weighted by Gasteiger charge is -2.42. The fraction of sp³-hybridized carbons (Fsp3) is 0.348. The minimum Gasteiger partial charge on any atom is -0.454 e. The number of carbonyl (C=O) groups excluding carboxylic acids is 3. The van der Waals surface area contributed by atoms with Crippen LogP contribution in [0.3, 0.4) is 0 Å². The van der Waals surface area contributed by atoms with Gasteiger partial charge in [0.25, 0.3) is 0 Å². The molecule has 0 unspecified atom stereocenters. The maximum atomic E-state index is 12.7. The summed E-state index contributed by atoms with van der Waals surface area (Å²) in [7, 11) is 1.40. The van der Waals surface area contributed by atoms with E-state index >= 15 is 0 Å². The minimum absolute atomic E-state index is 0.0824. The molecule has 5 atom stereocenters. The van der Waals surface area contributed by atoms with E-state index in [4.69, 9.17) is 23.7 Å². The van der Waals surface area contributed by atoms with Gasteiger partial charge in [-0.25, -0.2) is 9.59 Å². The highest BCUT2D eigenvalue weighted by Gasteiger charge is 2.51. The van der Waals surface area contributed by atoms with E-state index in [-0.39, 0.29) is 17.7 Å². The van der Waals surface area contributed by atoms with Crippen LogP contribution >= 0.6 is 0 Å². The van der Waals surface area contributed by atoms with E-state index in [0.717, 1.165) is 6.92 Å². The molecule has 0 aromatic heterocycles. The van der Waals surface area contributed by atoms with Crippen LogP contribution in [0, 0.1) is 0 Å². The molecule has 32 heavy (non-hydrogen) atoms. The van der Waals surface area contributed by atoms with Crippen LogP contribution in [0.15, 0.2) is 60.7 Å². The largest absolute Gasteiger partial charge is 0.454 e. The summed E-state index contributed by atoms with van der Waals surface area (Å²) >= 11 is 0. The Labute approximate surface area is 184 Å². The number of methoxy groups -OCH3 is 1. The molecule has 1 N–H and O–H groups in total. The number of ether oxygens (including phenoxy) is 5. The van der Waals surface area contributed by atoms with Crippen molar-refractivity contribution >= 4 is 17.9 Å². The summed E-state index contributed by atoms with van der Waals surface area (Å²) in [6.07, 6.45) is -6.65. The summed E-state index contributed by atoms with van der Waals surface area (Å²) < 4.78 is 27.0. The van der Waals surface area contributed by atoms with Gasteiger partial charge in [0, 0.05) is 14.0 Å². The summed E-state index contributed by atoms with van der Waals surface area (Å²) in [4.78, 5) is 37.1. The second-order valence-electron chi connectivity index (χ2n) is 7.07. The monoisotopic (exact) mass is 444 g/mol. The smallest absolute Gasteiger partial charge is 0.338 e. The Balaban J connectivity index is 1.89. The first kappa shape index (κ1) is 23.4. The topological polar surface area (TPSA) is 118 Å². The molecule has 1 aliphatic heterocycles. The summed E-state index contributed by atoms with van der Waals surface area (Å²) in [6, 6.07) is 16.3. The van der Waals surface area contributed by atoms with Gasteiger partial charge < -0.3 is 28.8 Å². The van der Waals surface area contributed by atoms with Crippen LogP contribution in [0.4, 0.5) is 0 Å². The van der Waals surface area contributed by atoms with E-state index in [2.05, 4.69) is 0 Å². The lowest BCUT2D eigenvalue weighted by atomic mass is 9.98. The first-order valence-electron chi connectivity index (χ1n) is 9.92. The molecule has 9 nitrogen and oxygen atoms in total. The molecule has 1 heterocycles. The van der Waals surface area contributed by atoms with E-state index in [1.807, 2.05) is 0 Å². The van der Waals surface area contributed by atoms with E-state index < -0.39 is 48.6 Å². The Morgan fingerprint density at radius 2 is 1.31 bits per heavy atom. The third kappa shape index (κ3) is 5.70. The number of hydrogen-bond acceptors (Lipinski definition) is 9. The zero-order chi connectivity index (χ0) is 23.1. The van der Waals surface area contributed by atoms with Crippen LogP contribution in [0.2, 0.25) is 0 Å². The van der Waals surface area contributed by atoms with Crippen molar-refractivity contribution in [1.29, 1.82) is 0 Å². The first-order chi connectivity index (χ1) is 15.4. The van der Waals surface area contributed by atoms with Gasteiger partial charge in [-0.2, -0.15) is 0 Å². The van der Waals surface area contributed by atoms with Crippen molar-refractivity contribution in [3.63, 3.8) is 0 Å². The number of aliphatic hydroxyl groups excluding tert-OH is 1. The fourth-order valence-electron chi connectivity index (χ4n) is 3.32. The van der Waals surface area contributed by atoms with Gasteiger partial charge in [-0.15, -0.1) is 0 Å². The van der Waals surface area contributed by atoms with Gasteiger partial charge in [-0.3, -0.25) is 4.79 Å². The average Bonchev–Trinajstić information content (AvgIpc) is 2.79. The van der Waals surface area contributed by atoms with Crippen molar-refractivity contribution in [3.05, 3.63) is 71.8 Å². The van der Waals surface area contributed by atoms with Gasteiger partial charge in [-0.05, 0) is 24.3 Å². The van der Waals surface area contributed by atoms with E-state index in [1.54, 1.807) is 48.5 Å². The lowest BCUT2D eigenvalue weighted by Crippen LogP contribution is -2.62. The Bertz CT molecular complexity index is 916. The number of carbonyl (C=O) groups is 3. The first-order valence-corrected chi connectivity index (χ1v) is 9.92. The molecule has 0 aliphatic carbocycles. The van der Waals surface area contributed by atoms with Crippen LogP contribution in [0.25, 0.3) is 0 Å². The quantitative estimate of drug-likeness (QED) is 0.503. The summed E-state index contributed by atoms with van der Waals surface area (Å²) in [5.41, 5.74) is 0.479. The minimum atomic E-state index is -1.65. The number of rotatable bonds is 7. The van der Waals surface area contributed by atoms with E-state index in [9.17, 15) is 19.5 Å². The van der Waals surface area contributed by atoms with Crippen molar-refractivity contribution < 1.29 is 43.2 Å². The average molecular weight is 444 g/mol. The number of benzene rings is 2. The molecule has 1 saturated heterocycles. The molecule has 2 aromatic rings. The van der Waals surface area contributed by atoms with Crippen molar-refractivity contribution in [2.45, 2.75) is 37.6 Å². The zero-order valence-electron chi connectivity index (χ0n) is 17.6. The van der Waals surface area contributed by atoms with Crippen LogP contribution in [-0.2, 0) is 28.5 Å². The van der Waals surface area contributed by atoms with Crippen molar-refractivity contribution in [2.24, 2.45) is 0 Å². The molecule has 0 bridgehead atoms. The molecular formula is C23H24O9. The highest BCUT2D eigenvalue weighted by Crippen LogP contribution is 2.29. The molecule has 170 valence electrons. The summed E-state index contributed by atoms with van der Waals surface area (Å²) in [6.45, 7) is 1.07. The molecule has 1 aliphatic rings. The third-order valence-corrected chi connectivity index (χ3v) is 4.75. The highest BCUT2D eigenvalue weighted by molar-refractivity contribution is 5.90. The van der Waals surface area contributed by atoms with Gasteiger partial charge in [0.2, 0.25) is 0 Å². The third-order valence-electron chi connectivity index (χ3n) is 4.75. The van der Waals surface area contributed by atoms with Crippen LogP contribution < -0.4 is 0 Å². The highest BCUT2D eigenvalue weighted by atomic mass is 16.7. The molecule has 0 saturated carbocycles. The molecule has 9 heteroatoms. The van der Waals surface area contributed by atoms with Crippen molar-refractivity contribution in [1.82, 2.24) is 0 Å². The predicted molar refractivity (Wildman–Crippen MR) is 110 cm³/mol. The van der Waals surface area contributed by atoms with Gasteiger partial charge >= 0.3 is 17.9 Å². The normalized spacial score (nSPS) is 24.9. The maximum Gasteiger partial charge on any atom is 0.338 e. The van der Waals surface area contributed by atoms with E-state index in [0.29, 0.717) is 0 Å². The Morgan fingerprint density at radius 3 is 1.78 bits per heavy atom. The predicted octanol–water partition coefficient (Wildman–Crippen LogP) is 1.73. The number of esters is 3. The van der Waals surface area contributed by atoms with Gasteiger partial charge in [0.1, 0.15) is 6.10 Å². The standard InChI is InChI=1S/C23H24O9/c1-14(24)29-19-18(31-21(25)15-9-5-3-6-10-15)17(13-28-2)30-23(27)20(19)32-22(26)16-11-7-4-8-12-16/h3-12,17-20,23,27H,13H2,1-2H3/t17-,18-,19+,20-,23+/m1/s1. The van der Waals surface area contributed by atoms with Crippen molar-refractivity contribution in [2.75, 3.05) is 13.7 Å². The SMILES string of the molecule is COC[C@H]1O[C@H](O)[C@H](OC(=O)c2ccccc2)[C@@H](OC(C)=O)[C@@H]1OC(=O)c1ccccc1. The van der Waals surface area contributed by atoms with Crippen LogP contribution in [-0.4, -0.2) is 67.4 Å². The molecule has 0 spiro atoms. The van der Waals surface area contributed by atoms with Crippen molar-refractivity contribution in [3.8, 4) is 0 Å². The fourth-order valence-corrected chi connectivity index (χ4v) is 3.32. The second kappa shape index (κ2) is 10.9. The molecular weight excluding hydrogens is 420 g/mol. The summed E-state index contributed by atoms with van der Waals surface area (Å²) in [5, 5.41) is 10.5. The Kier molecular flexibility index (Phi) is 7.93. The van der Waals surface area contributed by atoms with Crippen LogP contribution in [0.5, 0.6) is 0 Å². The molecule has 2 aromatic carbocycles. The number of aliphatic hydroxyl groups is 1. The summed E-state index contributed by atoms with van der Waals surface area (Å²) in [5.74, 6) is -2.20. The molecule has 0 radical (unpaired) electrons. The Hall–Kier alpha value is -3.27. The molecule has 3 rings (SSSR count).